The molecule has 4 aromatic rings. The van der Waals surface area contributed by atoms with Crippen LogP contribution in [0, 0.1) is 0 Å². The standard InChI is InChI=1S/C35H40O5Si/c1-41(2,3)40-27-35-18-16-34(17-19-35)26-39-25-33-14-12-32(13-15-33)24-38-23-31-10-8-30(9-11-31)22-37-21-29-6-4-28(20-36)5-7-29/h4-20H,21-27H2,1-3H3. The van der Waals surface area contributed by atoms with Crippen molar-refractivity contribution in [3.8, 4) is 0 Å². The van der Waals surface area contributed by atoms with Crippen molar-refractivity contribution in [1.29, 1.82) is 0 Å². The number of rotatable bonds is 16. The number of ether oxygens (including phenoxy) is 3. The summed E-state index contributed by atoms with van der Waals surface area (Å²) in [4.78, 5) is 10.8. The van der Waals surface area contributed by atoms with Crippen LogP contribution >= 0.6 is 0 Å². The van der Waals surface area contributed by atoms with Gasteiger partial charge in [0.1, 0.15) is 6.29 Å². The third-order valence-corrected chi connectivity index (χ3v) is 7.48. The zero-order valence-corrected chi connectivity index (χ0v) is 25.3. The summed E-state index contributed by atoms with van der Waals surface area (Å²) in [5.74, 6) is 0. The second kappa shape index (κ2) is 15.6. The van der Waals surface area contributed by atoms with E-state index in [1.165, 1.54) is 5.56 Å². The lowest BCUT2D eigenvalue weighted by molar-refractivity contribution is 0.104. The Hall–Kier alpha value is -3.39. The highest BCUT2D eigenvalue weighted by molar-refractivity contribution is 6.69. The molecule has 0 unspecified atom stereocenters. The van der Waals surface area contributed by atoms with Gasteiger partial charge >= 0.3 is 0 Å². The van der Waals surface area contributed by atoms with Gasteiger partial charge in [-0.05, 0) is 58.6 Å². The van der Waals surface area contributed by atoms with Gasteiger partial charge in [0, 0.05) is 5.56 Å². The van der Waals surface area contributed by atoms with E-state index in [2.05, 4.69) is 92.4 Å². The molecule has 0 aliphatic carbocycles. The van der Waals surface area contributed by atoms with Gasteiger partial charge in [0.25, 0.3) is 0 Å². The molecule has 0 aromatic heterocycles. The van der Waals surface area contributed by atoms with E-state index in [1.807, 2.05) is 12.1 Å². The number of carbonyl (C=O) groups is 1. The summed E-state index contributed by atoms with van der Waals surface area (Å²) in [6.07, 6.45) is 0.844. The Bertz CT molecular complexity index is 1330. The molecule has 0 fully saturated rings. The molecule has 41 heavy (non-hydrogen) atoms. The topological polar surface area (TPSA) is 54.0 Å². The fraction of sp³-hybridized carbons (Fsp3) is 0.286. The lowest BCUT2D eigenvalue weighted by atomic mass is 10.1. The van der Waals surface area contributed by atoms with Crippen LogP contribution in [-0.2, 0) is 64.9 Å². The fourth-order valence-corrected chi connectivity index (χ4v) is 4.65. The van der Waals surface area contributed by atoms with Gasteiger partial charge in [-0.15, -0.1) is 0 Å². The molecule has 0 atom stereocenters. The summed E-state index contributed by atoms with van der Waals surface area (Å²) < 4.78 is 23.6. The summed E-state index contributed by atoms with van der Waals surface area (Å²) in [6.45, 7) is 10.6. The van der Waals surface area contributed by atoms with Crippen LogP contribution in [0.4, 0.5) is 0 Å². The first-order valence-corrected chi connectivity index (χ1v) is 17.4. The fourth-order valence-electron chi connectivity index (χ4n) is 4.05. The zero-order chi connectivity index (χ0) is 28.9. The van der Waals surface area contributed by atoms with E-state index in [-0.39, 0.29) is 0 Å². The first-order chi connectivity index (χ1) is 19.9. The maximum Gasteiger partial charge on any atom is 0.184 e. The van der Waals surface area contributed by atoms with Crippen molar-refractivity contribution in [2.75, 3.05) is 0 Å². The first kappa shape index (κ1) is 30.6. The largest absolute Gasteiger partial charge is 0.413 e. The quantitative estimate of drug-likeness (QED) is 0.101. The van der Waals surface area contributed by atoms with E-state index in [9.17, 15) is 4.79 Å². The van der Waals surface area contributed by atoms with Gasteiger partial charge in [-0.1, -0.05) is 97.1 Å². The molecule has 0 spiro atoms. The van der Waals surface area contributed by atoms with Gasteiger partial charge in [0.2, 0.25) is 0 Å². The van der Waals surface area contributed by atoms with Crippen molar-refractivity contribution in [2.45, 2.75) is 65.9 Å². The second-order valence-corrected chi connectivity index (χ2v) is 15.7. The van der Waals surface area contributed by atoms with Crippen molar-refractivity contribution in [3.63, 3.8) is 0 Å². The first-order valence-electron chi connectivity index (χ1n) is 14.0. The lowest BCUT2D eigenvalue weighted by Gasteiger charge is -2.17. The maximum atomic E-state index is 10.8. The molecule has 0 heterocycles. The minimum atomic E-state index is -1.50. The average Bonchev–Trinajstić information content (AvgIpc) is 2.98. The molecule has 0 aliphatic rings. The van der Waals surface area contributed by atoms with E-state index >= 15 is 0 Å². The van der Waals surface area contributed by atoms with Gasteiger partial charge in [-0.2, -0.15) is 0 Å². The molecule has 0 bridgehead atoms. The van der Waals surface area contributed by atoms with Crippen LogP contribution in [0.3, 0.4) is 0 Å². The Kier molecular flexibility index (Phi) is 11.6. The predicted molar refractivity (Wildman–Crippen MR) is 165 cm³/mol. The molecule has 4 aromatic carbocycles. The summed E-state index contributed by atoms with van der Waals surface area (Å²) in [6, 6.07) is 32.6. The van der Waals surface area contributed by atoms with Gasteiger partial charge in [-0.25, -0.2) is 0 Å². The molecular formula is C35H40O5Si. The van der Waals surface area contributed by atoms with Gasteiger partial charge in [0.05, 0.1) is 46.2 Å². The Morgan fingerprint density at radius 2 is 0.683 bits per heavy atom. The predicted octanol–water partition coefficient (Wildman–Crippen LogP) is 8.00. The molecule has 4 rings (SSSR count). The van der Waals surface area contributed by atoms with Crippen LogP contribution in [0.5, 0.6) is 0 Å². The minimum Gasteiger partial charge on any atom is -0.413 e. The highest BCUT2D eigenvalue weighted by atomic mass is 28.4. The number of hydrogen-bond acceptors (Lipinski definition) is 5. The summed E-state index contributed by atoms with van der Waals surface area (Å²) >= 11 is 0. The van der Waals surface area contributed by atoms with Crippen LogP contribution in [0.25, 0.3) is 0 Å². The maximum absolute atomic E-state index is 10.8. The third-order valence-electron chi connectivity index (χ3n) is 6.47. The molecule has 0 N–H and O–H groups in total. The van der Waals surface area contributed by atoms with Crippen molar-refractivity contribution in [1.82, 2.24) is 0 Å². The van der Waals surface area contributed by atoms with E-state index < -0.39 is 8.32 Å². The van der Waals surface area contributed by atoms with Crippen LogP contribution in [0.2, 0.25) is 19.6 Å². The van der Waals surface area contributed by atoms with E-state index in [0.29, 0.717) is 51.8 Å². The molecule has 0 radical (unpaired) electrons. The Morgan fingerprint density at radius 3 is 0.927 bits per heavy atom. The summed E-state index contributed by atoms with van der Waals surface area (Å²) in [5.41, 5.74) is 8.60. The third kappa shape index (κ3) is 11.2. The molecular weight excluding hydrogens is 528 g/mol. The Morgan fingerprint density at radius 1 is 0.439 bits per heavy atom. The van der Waals surface area contributed by atoms with Crippen molar-refractivity contribution in [3.05, 3.63) is 142 Å². The number of hydrogen-bond donors (Lipinski definition) is 0. The van der Waals surface area contributed by atoms with Crippen molar-refractivity contribution >= 4 is 14.6 Å². The highest BCUT2D eigenvalue weighted by Crippen LogP contribution is 2.14. The molecule has 0 saturated carbocycles. The monoisotopic (exact) mass is 568 g/mol. The lowest BCUT2D eigenvalue weighted by Crippen LogP contribution is -2.24. The van der Waals surface area contributed by atoms with E-state index in [1.54, 1.807) is 12.1 Å². The van der Waals surface area contributed by atoms with Crippen LogP contribution < -0.4 is 0 Å². The van der Waals surface area contributed by atoms with Gasteiger partial charge in [-0.3, -0.25) is 4.79 Å². The molecule has 5 nitrogen and oxygen atoms in total. The van der Waals surface area contributed by atoms with Crippen LogP contribution in [0.15, 0.2) is 97.1 Å². The van der Waals surface area contributed by atoms with Gasteiger partial charge < -0.3 is 18.6 Å². The molecule has 6 heteroatoms. The van der Waals surface area contributed by atoms with E-state index in [4.69, 9.17) is 18.6 Å². The minimum absolute atomic E-state index is 0.512. The molecule has 0 amide bonds. The number of carbonyl (C=O) groups excluding carboxylic acids is 1. The second-order valence-electron chi connectivity index (χ2n) is 11.2. The number of aldehydes is 1. The van der Waals surface area contributed by atoms with Crippen molar-refractivity contribution in [2.24, 2.45) is 0 Å². The van der Waals surface area contributed by atoms with Crippen LogP contribution in [0.1, 0.15) is 49.3 Å². The zero-order valence-electron chi connectivity index (χ0n) is 24.3. The molecule has 214 valence electrons. The Labute approximate surface area is 245 Å². The molecule has 0 aliphatic heterocycles. The Balaban J connectivity index is 1.10. The normalized spacial score (nSPS) is 11.5. The summed E-state index contributed by atoms with van der Waals surface area (Å²) in [7, 11) is -1.50. The van der Waals surface area contributed by atoms with Crippen molar-refractivity contribution < 1.29 is 23.4 Å². The molecule has 0 saturated heterocycles. The number of benzene rings is 4. The van der Waals surface area contributed by atoms with Gasteiger partial charge in [0.15, 0.2) is 8.32 Å². The smallest absolute Gasteiger partial charge is 0.184 e. The SMILES string of the molecule is C[Si](C)(C)OCc1ccc(COCc2ccc(COCc3ccc(COCc4ccc(C=O)cc4)cc3)cc2)cc1. The summed E-state index contributed by atoms with van der Waals surface area (Å²) in [5, 5.41) is 0. The van der Waals surface area contributed by atoms with E-state index in [0.717, 1.165) is 39.7 Å². The van der Waals surface area contributed by atoms with Crippen LogP contribution in [-0.4, -0.2) is 14.6 Å². The highest BCUT2D eigenvalue weighted by Gasteiger charge is 2.13. The average molecular weight is 569 g/mol.